The van der Waals surface area contributed by atoms with E-state index in [4.69, 9.17) is 0 Å². The predicted octanol–water partition coefficient (Wildman–Crippen LogP) is 4.54. The number of alkyl halides is 1. The third-order valence-electron chi connectivity index (χ3n) is 2.94. The Morgan fingerprint density at radius 3 is 2.47 bits per heavy atom. The maximum atomic E-state index is 4.57. The number of rotatable bonds is 6. The molecule has 0 saturated carbocycles. The standard InChI is InChI=1S/C13H20Br2N2/c1-4-11(5-2)17(7-6-14)13-12(15)8-10(3)9-16-13/h8-9,11H,4-7H2,1-3H3. The van der Waals surface area contributed by atoms with Crippen LogP contribution in [0.1, 0.15) is 32.3 Å². The SMILES string of the molecule is CCC(CC)N(CCBr)c1ncc(C)cc1Br. The van der Waals surface area contributed by atoms with Gasteiger partial charge in [0.25, 0.3) is 0 Å². The van der Waals surface area contributed by atoms with E-state index in [1.54, 1.807) is 0 Å². The Balaban J connectivity index is 3.03. The molecule has 0 saturated heterocycles. The normalized spacial score (nSPS) is 10.9. The lowest BCUT2D eigenvalue weighted by molar-refractivity contribution is 0.563. The average molecular weight is 364 g/mol. The fourth-order valence-corrected chi connectivity index (χ4v) is 3.09. The van der Waals surface area contributed by atoms with Gasteiger partial charge >= 0.3 is 0 Å². The fourth-order valence-electron chi connectivity index (χ4n) is 2.02. The average Bonchev–Trinajstić information content (AvgIpc) is 2.30. The zero-order valence-corrected chi connectivity index (χ0v) is 13.9. The molecule has 1 rings (SSSR count). The molecule has 1 aromatic heterocycles. The molecule has 1 heterocycles. The minimum atomic E-state index is 0.555. The number of pyridine rings is 1. The molecule has 0 bridgehead atoms. The van der Waals surface area contributed by atoms with E-state index < -0.39 is 0 Å². The van der Waals surface area contributed by atoms with Gasteiger partial charge in [-0.1, -0.05) is 29.8 Å². The van der Waals surface area contributed by atoms with Crippen molar-refractivity contribution < 1.29 is 0 Å². The number of hydrogen-bond donors (Lipinski definition) is 0. The first kappa shape index (κ1) is 15.0. The van der Waals surface area contributed by atoms with E-state index in [0.717, 1.165) is 35.0 Å². The number of hydrogen-bond acceptors (Lipinski definition) is 2. The highest BCUT2D eigenvalue weighted by atomic mass is 79.9. The third-order valence-corrected chi connectivity index (χ3v) is 3.88. The van der Waals surface area contributed by atoms with Crippen molar-refractivity contribution in [1.82, 2.24) is 4.98 Å². The smallest absolute Gasteiger partial charge is 0.143 e. The Bertz CT molecular complexity index is 351. The summed E-state index contributed by atoms with van der Waals surface area (Å²) in [7, 11) is 0. The second kappa shape index (κ2) is 7.37. The molecule has 2 nitrogen and oxygen atoms in total. The zero-order chi connectivity index (χ0) is 12.8. The van der Waals surface area contributed by atoms with Crippen LogP contribution >= 0.6 is 31.9 Å². The molecule has 17 heavy (non-hydrogen) atoms. The van der Waals surface area contributed by atoms with Gasteiger partial charge in [-0.25, -0.2) is 4.98 Å². The molecule has 0 fully saturated rings. The number of nitrogens with zero attached hydrogens (tertiary/aromatic N) is 2. The van der Waals surface area contributed by atoms with E-state index >= 15 is 0 Å². The predicted molar refractivity (Wildman–Crippen MR) is 82.2 cm³/mol. The number of aromatic nitrogens is 1. The van der Waals surface area contributed by atoms with Gasteiger partial charge in [0.05, 0.1) is 4.47 Å². The Morgan fingerprint density at radius 2 is 2.00 bits per heavy atom. The molecule has 0 unspecified atom stereocenters. The summed E-state index contributed by atoms with van der Waals surface area (Å²) in [6, 6.07) is 2.69. The van der Waals surface area contributed by atoms with Crippen LogP contribution in [0.4, 0.5) is 5.82 Å². The minimum absolute atomic E-state index is 0.555. The third kappa shape index (κ3) is 3.95. The second-order valence-corrected chi connectivity index (χ2v) is 5.82. The molecule has 0 N–H and O–H groups in total. The summed E-state index contributed by atoms with van der Waals surface area (Å²) in [5.41, 5.74) is 1.18. The van der Waals surface area contributed by atoms with Crippen molar-refractivity contribution in [1.29, 1.82) is 0 Å². The largest absolute Gasteiger partial charge is 0.352 e. The van der Waals surface area contributed by atoms with Crippen molar-refractivity contribution in [3.8, 4) is 0 Å². The van der Waals surface area contributed by atoms with Crippen molar-refractivity contribution >= 4 is 37.7 Å². The first-order valence-corrected chi connectivity index (χ1v) is 8.00. The van der Waals surface area contributed by atoms with Gasteiger partial charge in [0.2, 0.25) is 0 Å². The highest BCUT2D eigenvalue weighted by Gasteiger charge is 2.18. The van der Waals surface area contributed by atoms with E-state index in [9.17, 15) is 0 Å². The minimum Gasteiger partial charge on any atom is -0.352 e. The fraction of sp³-hybridized carbons (Fsp3) is 0.615. The van der Waals surface area contributed by atoms with Crippen molar-refractivity contribution in [3.05, 3.63) is 22.3 Å². The van der Waals surface area contributed by atoms with Crippen molar-refractivity contribution in [2.45, 2.75) is 39.7 Å². The number of aryl methyl sites for hydroxylation is 1. The molecule has 0 aliphatic heterocycles. The molecule has 0 spiro atoms. The molecule has 0 aliphatic carbocycles. The highest BCUT2D eigenvalue weighted by Crippen LogP contribution is 2.27. The Kier molecular flexibility index (Phi) is 6.49. The molecule has 0 amide bonds. The molecule has 1 aromatic rings. The van der Waals surface area contributed by atoms with E-state index in [2.05, 4.69) is 68.6 Å². The summed E-state index contributed by atoms with van der Waals surface area (Å²) >= 11 is 7.15. The van der Waals surface area contributed by atoms with Crippen LogP contribution in [0.3, 0.4) is 0 Å². The van der Waals surface area contributed by atoms with Crippen LogP contribution in [0.5, 0.6) is 0 Å². The lowest BCUT2D eigenvalue weighted by Gasteiger charge is -2.31. The Labute approximate surface area is 121 Å². The van der Waals surface area contributed by atoms with Gasteiger partial charge in [-0.05, 0) is 47.3 Å². The summed E-state index contributed by atoms with van der Waals surface area (Å²) < 4.78 is 1.09. The summed E-state index contributed by atoms with van der Waals surface area (Å²) in [4.78, 5) is 6.96. The van der Waals surface area contributed by atoms with Crippen LogP contribution < -0.4 is 4.90 Å². The van der Waals surface area contributed by atoms with Gasteiger partial charge in [0.15, 0.2) is 0 Å². The summed E-state index contributed by atoms with van der Waals surface area (Å²) in [6.45, 7) is 7.52. The lowest BCUT2D eigenvalue weighted by atomic mass is 10.1. The van der Waals surface area contributed by atoms with E-state index in [1.807, 2.05) is 6.20 Å². The Hall–Kier alpha value is -0.0900. The molecule has 96 valence electrons. The van der Waals surface area contributed by atoms with E-state index in [0.29, 0.717) is 6.04 Å². The van der Waals surface area contributed by atoms with Gasteiger partial charge in [-0.15, -0.1) is 0 Å². The molecule has 0 aromatic carbocycles. The molecular formula is C13H20Br2N2. The summed E-state index contributed by atoms with van der Waals surface area (Å²) in [6.07, 6.45) is 4.22. The first-order valence-electron chi connectivity index (χ1n) is 6.08. The maximum Gasteiger partial charge on any atom is 0.143 e. The second-order valence-electron chi connectivity index (χ2n) is 4.17. The topological polar surface area (TPSA) is 16.1 Å². The van der Waals surface area contributed by atoms with E-state index in [1.165, 1.54) is 5.56 Å². The van der Waals surface area contributed by atoms with Crippen molar-refractivity contribution in [2.75, 3.05) is 16.8 Å². The molecule has 0 aliphatic rings. The first-order chi connectivity index (χ1) is 8.13. The maximum absolute atomic E-state index is 4.57. The summed E-state index contributed by atoms with van der Waals surface area (Å²) in [5.74, 6) is 1.06. The number of halogens is 2. The molecule has 4 heteroatoms. The van der Waals surface area contributed by atoms with Gasteiger partial charge in [0, 0.05) is 24.1 Å². The molecular weight excluding hydrogens is 344 g/mol. The van der Waals surface area contributed by atoms with Crippen LogP contribution in [0, 0.1) is 6.92 Å². The van der Waals surface area contributed by atoms with Crippen LogP contribution in [-0.4, -0.2) is 22.9 Å². The van der Waals surface area contributed by atoms with Gasteiger partial charge in [0.1, 0.15) is 5.82 Å². The summed E-state index contributed by atoms with van der Waals surface area (Å²) in [5, 5.41) is 0.964. The quantitative estimate of drug-likeness (QED) is 0.689. The zero-order valence-electron chi connectivity index (χ0n) is 10.7. The van der Waals surface area contributed by atoms with Crippen LogP contribution in [0.2, 0.25) is 0 Å². The van der Waals surface area contributed by atoms with Gasteiger partial charge in [-0.3, -0.25) is 0 Å². The van der Waals surface area contributed by atoms with Gasteiger partial charge in [-0.2, -0.15) is 0 Å². The van der Waals surface area contributed by atoms with Crippen LogP contribution in [0.15, 0.2) is 16.7 Å². The number of anilines is 1. The molecule has 0 radical (unpaired) electrons. The highest BCUT2D eigenvalue weighted by molar-refractivity contribution is 9.10. The van der Waals surface area contributed by atoms with Crippen molar-refractivity contribution in [2.24, 2.45) is 0 Å². The van der Waals surface area contributed by atoms with Crippen LogP contribution in [0.25, 0.3) is 0 Å². The van der Waals surface area contributed by atoms with E-state index in [-0.39, 0.29) is 0 Å². The van der Waals surface area contributed by atoms with Crippen LogP contribution in [-0.2, 0) is 0 Å². The lowest BCUT2D eigenvalue weighted by Crippen LogP contribution is -2.36. The Morgan fingerprint density at radius 1 is 1.35 bits per heavy atom. The monoisotopic (exact) mass is 362 g/mol. The molecule has 0 atom stereocenters. The van der Waals surface area contributed by atoms with Gasteiger partial charge < -0.3 is 4.90 Å². The van der Waals surface area contributed by atoms with Crippen molar-refractivity contribution in [3.63, 3.8) is 0 Å².